The summed E-state index contributed by atoms with van der Waals surface area (Å²) in [6.45, 7) is 2.02. The highest BCUT2D eigenvalue weighted by molar-refractivity contribution is 6.36. The maximum Gasteiger partial charge on any atom is 0.0714 e. The summed E-state index contributed by atoms with van der Waals surface area (Å²) >= 11 is 12.2. The fourth-order valence-electron chi connectivity index (χ4n) is 2.19. The predicted molar refractivity (Wildman–Crippen MR) is 68.1 cm³/mol. The van der Waals surface area contributed by atoms with Gasteiger partial charge in [0.2, 0.25) is 0 Å². The standard InChI is InChI=1S/C13H16Cl2O/c1-2-13(16,9-6-7-9)8-10-11(14)4-3-5-12(10)15/h3-5,9,16H,2,6-8H2,1H3. The van der Waals surface area contributed by atoms with Crippen molar-refractivity contribution in [1.82, 2.24) is 0 Å². The Bertz CT molecular complexity index is 367. The molecule has 2 rings (SSSR count). The Morgan fingerprint density at radius 1 is 1.31 bits per heavy atom. The highest BCUT2D eigenvalue weighted by Crippen LogP contribution is 2.44. The monoisotopic (exact) mass is 258 g/mol. The van der Waals surface area contributed by atoms with E-state index >= 15 is 0 Å². The van der Waals surface area contributed by atoms with Gasteiger partial charge in [-0.15, -0.1) is 0 Å². The van der Waals surface area contributed by atoms with E-state index in [1.807, 2.05) is 25.1 Å². The first-order valence-corrected chi connectivity index (χ1v) is 6.47. The molecule has 0 spiro atoms. The minimum Gasteiger partial charge on any atom is -0.389 e. The number of benzene rings is 1. The van der Waals surface area contributed by atoms with Crippen molar-refractivity contribution < 1.29 is 5.11 Å². The van der Waals surface area contributed by atoms with E-state index in [1.165, 1.54) is 0 Å². The summed E-state index contributed by atoms with van der Waals surface area (Å²) in [4.78, 5) is 0. The molecule has 3 heteroatoms. The molecule has 1 aliphatic rings. The van der Waals surface area contributed by atoms with Crippen molar-refractivity contribution in [2.24, 2.45) is 5.92 Å². The fourth-order valence-corrected chi connectivity index (χ4v) is 2.72. The minimum atomic E-state index is -0.630. The van der Waals surface area contributed by atoms with Crippen LogP contribution in [-0.4, -0.2) is 10.7 Å². The van der Waals surface area contributed by atoms with Crippen LogP contribution < -0.4 is 0 Å². The lowest BCUT2D eigenvalue weighted by atomic mass is 9.87. The Kier molecular flexibility index (Phi) is 3.48. The van der Waals surface area contributed by atoms with Crippen LogP contribution in [0, 0.1) is 5.92 Å². The van der Waals surface area contributed by atoms with Gasteiger partial charge < -0.3 is 5.11 Å². The third kappa shape index (κ3) is 2.37. The number of halogens is 2. The van der Waals surface area contributed by atoms with E-state index in [1.54, 1.807) is 0 Å². The molecule has 0 aliphatic heterocycles. The van der Waals surface area contributed by atoms with Crippen molar-refractivity contribution in [2.75, 3.05) is 0 Å². The molecule has 1 nitrogen and oxygen atoms in total. The van der Waals surface area contributed by atoms with E-state index < -0.39 is 5.60 Å². The van der Waals surface area contributed by atoms with Gasteiger partial charge in [-0.3, -0.25) is 0 Å². The Morgan fingerprint density at radius 3 is 2.31 bits per heavy atom. The van der Waals surface area contributed by atoms with E-state index in [2.05, 4.69) is 0 Å². The number of rotatable bonds is 4. The van der Waals surface area contributed by atoms with Gasteiger partial charge in [-0.1, -0.05) is 36.2 Å². The lowest BCUT2D eigenvalue weighted by molar-refractivity contribution is 0.0139. The maximum atomic E-state index is 10.5. The topological polar surface area (TPSA) is 20.2 Å². The van der Waals surface area contributed by atoms with Crippen LogP contribution in [0.5, 0.6) is 0 Å². The van der Waals surface area contributed by atoms with Crippen molar-refractivity contribution in [2.45, 2.75) is 38.2 Å². The van der Waals surface area contributed by atoms with Gasteiger partial charge in [0.25, 0.3) is 0 Å². The van der Waals surface area contributed by atoms with Gasteiger partial charge in [0.05, 0.1) is 5.60 Å². The second-order valence-electron chi connectivity index (χ2n) is 4.61. The third-order valence-electron chi connectivity index (χ3n) is 3.49. The summed E-state index contributed by atoms with van der Waals surface area (Å²) < 4.78 is 0. The van der Waals surface area contributed by atoms with Gasteiger partial charge in [0, 0.05) is 16.5 Å². The van der Waals surface area contributed by atoms with Gasteiger partial charge in [-0.05, 0) is 42.9 Å². The molecule has 0 amide bonds. The van der Waals surface area contributed by atoms with Crippen molar-refractivity contribution in [3.05, 3.63) is 33.8 Å². The molecule has 0 heterocycles. The molecular weight excluding hydrogens is 243 g/mol. The smallest absolute Gasteiger partial charge is 0.0714 e. The van der Waals surface area contributed by atoms with Gasteiger partial charge in [-0.2, -0.15) is 0 Å². The number of hydrogen-bond acceptors (Lipinski definition) is 1. The largest absolute Gasteiger partial charge is 0.389 e. The van der Waals surface area contributed by atoms with Crippen LogP contribution in [0.2, 0.25) is 10.0 Å². The Balaban J connectivity index is 2.25. The molecule has 88 valence electrons. The van der Waals surface area contributed by atoms with Crippen LogP contribution in [-0.2, 0) is 6.42 Å². The summed E-state index contributed by atoms with van der Waals surface area (Å²) in [7, 11) is 0. The molecule has 1 N–H and O–H groups in total. The van der Waals surface area contributed by atoms with E-state index in [-0.39, 0.29) is 0 Å². The van der Waals surface area contributed by atoms with Crippen LogP contribution in [0.1, 0.15) is 31.7 Å². The zero-order valence-electron chi connectivity index (χ0n) is 9.34. The Hall–Kier alpha value is -0.240. The zero-order valence-corrected chi connectivity index (χ0v) is 10.9. The first kappa shape index (κ1) is 12.2. The summed E-state index contributed by atoms with van der Waals surface area (Å²) in [5, 5.41) is 11.9. The zero-order chi connectivity index (χ0) is 11.8. The van der Waals surface area contributed by atoms with Crippen molar-refractivity contribution in [3.8, 4) is 0 Å². The first-order chi connectivity index (χ1) is 7.57. The maximum absolute atomic E-state index is 10.5. The van der Waals surface area contributed by atoms with Gasteiger partial charge >= 0.3 is 0 Å². The summed E-state index contributed by atoms with van der Waals surface area (Å²) in [6, 6.07) is 5.48. The minimum absolute atomic E-state index is 0.421. The fraction of sp³-hybridized carbons (Fsp3) is 0.538. The highest BCUT2D eigenvalue weighted by atomic mass is 35.5. The lowest BCUT2D eigenvalue weighted by Gasteiger charge is -2.27. The molecule has 0 saturated heterocycles. The van der Waals surface area contributed by atoms with Crippen LogP contribution in [0.25, 0.3) is 0 Å². The molecule has 1 aromatic carbocycles. The lowest BCUT2D eigenvalue weighted by Crippen LogP contribution is -2.33. The van der Waals surface area contributed by atoms with Crippen molar-refractivity contribution >= 4 is 23.2 Å². The second kappa shape index (κ2) is 4.56. The summed E-state index contributed by atoms with van der Waals surface area (Å²) in [5.74, 6) is 0.421. The molecular formula is C13H16Cl2O. The van der Waals surface area contributed by atoms with Crippen LogP contribution in [0.4, 0.5) is 0 Å². The summed E-state index contributed by atoms with van der Waals surface area (Å²) in [6.07, 6.45) is 3.55. The number of aliphatic hydroxyl groups is 1. The molecule has 1 aromatic rings. The summed E-state index contributed by atoms with van der Waals surface area (Å²) in [5.41, 5.74) is 0.247. The average molecular weight is 259 g/mol. The predicted octanol–water partition coefficient (Wildman–Crippen LogP) is 4.09. The van der Waals surface area contributed by atoms with Crippen LogP contribution >= 0.6 is 23.2 Å². The Labute approximate surface area is 106 Å². The molecule has 1 aliphatic carbocycles. The molecule has 0 radical (unpaired) electrons. The van der Waals surface area contributed by atoms with E-state index in [4.69, 9.17) is 23.2 Å². The third-order valence-corrected chi connectivity index (χ3v) is 4.20. The van der Waals surface area contributed by atoms with Crippen molar-refractivity contribution in [3.63, 3.8) is 0 Å². The molecule has 1 saturated carbocycles. The molecule has 1 unspecified atom stereocenters. The molecule has 1 atom stereocenters. The van der Waals surface area contributed by atoms with Gasteiger partial charge in [0.15, 0.2) is 0 Å². The first-order valence-electron chi connectivity index (χ1n) is 5.72. The van der Waals surface area contributed by atoms with E-state index in [9.17, 15) is 5.11 Å². The molecule has 1 fully saturated rings. The SMILES string of the molecule is CCC(O)(Cc1c(Cl)cccc1Cl)C1CC1. The van der Waals surface area contributed by atoms with Gasteiger partial charge in [-0.25, -0.2) is 0 Å². The highest BCUT2D eigenvalue weighted by Gasteiger charge is 2.42. The molecule has 16 heavy (non-hydrogen) atoms. The van der Waals surface area contributed by atoms with Crippen molar-refractivity contribution in [1.29, 1.82) is 0 Å². The van der Waals surface area contributed by atoms with Gasteiger partial charge in [0.1, 0.15) is 0 Å². The van der Waals surface area contributed by atoms with E-state index in [0.29, 0.717) is 22.4 Å². The quantitative estimate of drug-likeness (QED) is 0.863. The molecule has 0 bridgehead atoms. The van der Waals surface area contributed by atoms with E-state index in [0.717, 1.165) is 24.8 Å². The Morgan fingerprint density at radius 2 is 1.88 bits per heavy atom. The van der Waals surface area contributed by atoms with Crippen LogP contribution in [0.3, 0.4) is 0 Å². The average Bonchev–Trinajstić information content (AvgIpc) is 3.07. The number of hydrogen-bond donors (Lipinski definition) is 1. The van der Waals surface area contributed by atoms with Crippen LogP contribution in [0.15, 0.2) is 18.2 Å². The normalized spacial score (nSPS) is 19.5. The molecule has 0 aromatic heterocycles. The second-order valence-corrected chi connectivity index (χ2v) is 5.42.